The maximum Gasteiger partial charge on any atom is 0.472 e. The number of phosphoric ester groups is 2. The molecule has 17 nitrogen and oxygen atoms in total. The van der Waals surface area contributed by atoms with E-state index < -0.39 is 97.5 Å². The maximum absolute atomic E-state index is 12.9. The Balaban J connectivity index is 5.15. The summed E-state index contributed by atoms with van der Waals surface area (Å²) < 4.78 is 67.7. The quantitative estimate of drug-likeness (QED) is 0.0222. The van der Waals surface area contributed by atoms with E-state index in [2.05, 4.69) is 41.5 Å². The zero-order valence-electron chi connectivity index (χ0n) is 52.1. The molecular formula is C62H120O17P2. The second kappa shape index (κ2) is 54.7. The number of unbranched alkanes of at least 4 members (excludes halogenated alkanes) is 30. The van der Waals surface area contributed by atoms with Gasteiger partial charge in [0.1, 0.15) is 19.3 Å². The molecule has 0 saturated heterocycles. The van der Waals surface area contributed by atoms with Crippen LogP contribution in [0.5, 0.6) is 0 Å². The van der Waals surface area contributed by atoms with Crippen molar-refractivity contribution in [3.05, 3.63) is 0 Å². The summed E-state index contributed by atoms with van der Waals surface area (Å²) in [5, 5.41) is 10.5. The maximum atomic E-state index is 12.9. The van der Waals surface area contributed by atoms with E-state index in [-0.39, 0.29) is 25.7 Å². The molecule has 0 amide bonds. The molecule has 0 radical (unpaired) electrons. The minimum Gasteiger partial charge on any atom is -0.462 e. The minimum absolute atomic E-state index is 0.104. The van der Waals surface area contributed by atoms with Gasteiger partial charge < -0.3 is 33.8 Å². The number of aliphatic hydroxyl groups excluding tert-OH is 1. The zero-order chi connectivity index (χ0) is 60.1. The topological polar surface area (TPSA) is 237 Å². The molecule has 3 unspecified atom stereocenters. The Bertz CT molecular complexity index is 1600. The van der Waals surface area contributed by atoms with Crippen LogP contribution < -0.4 is 0 Å². The molecule has 6 atom stereocenters. The van der Waals surface area contributed by atoms with Crippen LogP contribution in [0.3, 0.4) is 0 Å². The van der Waals surface area contributed by atoms with Crippen molar-refractivity contribution in [2.45, 2.75) is 323 Å². The number of hydrogen-bond donors (Lipinski definition) is 3. The average Bonchev–Trinajstić information content (AvgIpc) is 3.43. The van der Waals surface area contributed by atoms with Crippen molar-refractivity contribution in [2.24, 2.45) is 11.8 Å². The van der Waals surface area contributed by atoms with Gasteiger partial charge in [-0.3, -0.25) is 37.3 Å². The summed E-state index contributed by atoms with van der Waals surface area (Å²) in [6.07, 6.45) is 36.6. The van der Waals surface area contributed by atoms with E-state index in [1.807, 2.05) is 0 Å². The van der Waals surface area contributed by atoms with Crippen LogP contribution in [-0.4, -0.2) is 96.7 Å². The summed E-state index contributed by atoms with van der Waals surface area (Å²) in [5.74, 6) is -0.623. The molecule has 0 aliphatic carbocycles. The summed E-state index contributed by atoms with van der Waals surface area (Å²) in [6, 6.07) is 0. The number of hydrogen-bond acceptors (Lipinski definition) is 15. The van der Waals surface area contributed by atoms with Gasteiger partial charge in [-0.15, -0.1) is 0 Å². The Hall–Kier alpha value is -1.94. The Kier molecular flexibility index (Phi) is 53.4. The lowest BCUT2D eigenvalue weighted by Crippen LogP contribution is -2.30. The van der Waals surface area contributed by atoms with Gasteiger partial charge in [0, 0.05) is 25.7 Å². The molecule has 0 saturated carbocycles. The minimum atomic E-state index is -4.94. The smallest absolute Gasteiger partial charge is 0.462 e. The molecule has 0 aliphatic heterocycles. The van der Waals surface area contributed by atoms with Crippen LogP contribution in [-0.2, 0) is 65.4 Å². The van der Waals surface area contributed by atoms with Gasteiger partial charge in [0.25, 0.3) is 0 Å². The fourth-order valence-electron chi connectivity index (χ4n) is 9.15. The Morgan fingerprint density at radius 2 is 0.630 bits per heavy atom. The van der Waals surface area contributed by atoms with Crippen LogP contribution >= 0.6 is 15.6 Å². The molecular weight excluding hydrogens is 1080 g/mol. The van der Waals surface area contributed by atoms with Gasteiger partial charge >= 0.3 is 39.5 Å². The highest BCUT2D eigenvalue weighted by Crippen LogP contribution is 2.45. The lowest BCUT2D eigenvalue weighted by atomic mass is 10.00. The molecule has 0 heterocycles. The largest absolute Gasteiger partial charge is 0.472 e. The molecule has 0 bridgehead atoms. The standard InChI is InChI=1S/C62H120O17P2/c1-7-10-12-14-15-22-26-34-40-46-61(66)78-57(50-72-59(64)44-38-30-13-11-8-2)52-76-80(68,69)74-48-56(63)49-75-81(70,71)77-53-58(51-73-60(65)45-39-33-29-28-32-37-43-55(6)9-3)79-62(67)47-41-35-27-24-21-19-17-16-18-20-23-25-31-36-42-54(4)5/h54-58,63H,7-53H2,1-6H3,(H,68,69)(H,70,71)/t55?,56-,57+,58+/m0/s1. The third-order valence-corrected chi connectivity index (χ3v) is 16.5. The van der Waals surface area contributed by atoms with Crippen LogP contribution in [0.1, 0.15) is 305 Å². The van der Waals surface area contributed by atoms with Gasteiger partial charge in [0.05, 0.1) is 26.4 Å². The van der Waals surface area contributed by atoms with E-state index in [9.17, 15) is 43.2 Å². The van der Waals surface area contributed by atoms with Crippen LogP contribution in [0, 0.1) is 11.8 Å². The van der Waals surface area contributed by atoms with Crippen molar-refractivity contribution in [3.63, 3.8) is 0 Å². The average molecular weight is 1200 g/mol. The lowest BCUT2D eigenvalue weighted by Gasteiger charge is -2.21. The highest BCUT2D eigenvalue weighted by molar-refractivity contribution is 7.47. The number of phosphoric acid groups is 2. The molecule has 81 heavy (non-hydrogen) atoms. The van der Waals surface area contributed by atoms with Gasteiger partial charge in [0.15, 0.2) is 12.2 Å². The third kappa shape index (κ3) is 55.7. The van der Waals surface area contributed by atoms with Crippen LogP contribution in [0.2, 0.25) is 0 Å². The highest BCUT2D eigenvalue weighted by Gasteiger charge is 2.30. The predicted octanol–water partition coefficient (Wildman–Crippen LogP) is 16.9. The Morgan fingerprint density at radius 3 is 0.938 bits per heavy atom. The first-order chi connectivity index (χ1) is 38.9. The molecule has 0 rings (SSSR count). The molecule has 19 heteroatoms. The van der Waals surface area contributed by atoms with Gasteiger partial charge in [-0.25, -0.2) is 9.13 Å². The second-order valence-corrected chi connectivity index (χ2v) is 26.1. The van der Waals surface area contributed by atoms with E-state index >= 15 is 0 Å². The van der Waals surface area contributed by atoms with Crippen molar-refractivity contribution < 1.29 is 80.2 Å². The first-order valence-electron chi connectivity index (χ1n) is 32.5. The zero-order valence-corrected chi connectivity index (χ0v) is 53.9. The molecule has 3 N–H and O–H groups in total. The Morgan fingerprint density at radius 1 is 0.358 bits per heavy atom. The van der Waals surface area contributed by atoms with Crippen molar-refractivity contribution in [3.8, 4) is 0 Å². The lowest BCUT2D eigenvalue weighted by molar-refractivity contribution is -0.161. The number of esters is 4. The van der Waals surface area contributed by atoms with Crippen molar-refractivity contribution in [1.29, 1.82) is 0 Å². The van der Waals surface area contributed by atoms with Gasteiger partial charge in [0.2, 0.25) is 0 Å². The fourth-order valence-corrected chi connectivity index (χ4v) is 10.7. The number of rotatable bonds is 61. The van der Waals surface area contributed by atoms with Crippen LogP contribution in [0.25, 0.3) is 0 Å². The highest BCUT2D eigenvalue weighted by atomic mass is 31.2. The van der Waals surface area contributed by atoms with E-state index in [0.29, 0.717) is 25.7 Å². The van der Waals surface area contributed by atoms with E-state index in [4.69, 9.17) is 37.0 Å². The summed E-state index contributed by atoms with van der Waals surface area (Å²) in [4.78, 5) is 71.8. The van der Waals surface area contributed by atoms with Crippen LogP contribution in [0.15, 0.2) is 0 Å². The predicted molar refractivity (Wildman–Crippen MR) is 321 cm³/mol. The fraction of sp³-hybridized carbons (Fsp3) is 0.935. The molecule has 0 aromatic heterocycles. The summed E-state index contributed by atoms with van der Waals surface area (Å²) in [6.45, 7) is 9.36. The molecule has 0 aromatic rings. The van der Waals surface area contributed by atoms with Crippen molar-refractivity contribution in [1.82, 2.24) is 0 Å². The van der Waals surface area contributed by atoms with E-state index in [1.54, 1.807) is 0 Å². The second-order valence-electron chi connectivity index (χ2n) is 23.2. The molecule has 0 aliphatic rings. The monoisotopic (exact) mass is 1200 g/mol. The van der Waals surface area contributed by atoms with Crippen molar-refractivity contribution >= 4 is 39.5 Å². The summed E-state index contributed by atoms with van der Waals surface area (Å²) in [7, 11) is -9.87. The third-order valence-electron chi connectivity index (χ3n) is 14.6. The first kappa shape index (κ1) is 79.1. The molecule has 0 spiro atoms. The van der Waals surface area contributed by atoms with Crippen LogP contribution in [0.4, 0.5) is 0 Å². The van der Waals surface area contributed by atoms with Crippen molar-refractivity contribution in [2.75, 3.05) is 39.6 Å². The number of carbonyl (C=O) groups excluding carboxylic acids is 4. The normalized spacial score (nSPS) is 14.7. The van der Waals surface area contributed by atoms with Gasteiger partial charge in [-0.1, -0.05) is 253 Å². The van der Waals surface area contributed by atoms with Gasteiger partial charge in [-0.2, -0.15) is 0 Å². The number of aliphatic hydroxyl groups is 1. The summed E-state index contributed by atoms with van der Waals surface area (Å²) >= 11 is 0. The summed E-state index contributed by atoms with van der Waals surface area (Å²) in [5.41, 5.74) is 0. The van der Waals surface area contributed by atoms with E-state index in [1.165, 1.54) is 109 Å². The Labute approximate surface area is 492 Å². The molecule has 480 valence electrons. The SMILES string of the molecule is CCCCCCCCCCCC(=O)O[C@H](COC(=O)CCCCCCC)COP(=O)(O)OC[C@H](O)COP(=O)(O)OC[C@@H](COC(=O)CCCCCCCCC(C)CC)OC(=O)CCCCCCCCCCCCCCCCC(C)C. The molecule has 0 fully saturated rings. The molecule has 0 aromatic carbocycles. The number of ether oxygens (including phenoxy) is 4. The van der Waals surface area contributed by atoms with Gasteiger partial charge in [-0.05, 0) is 37.5 Å². The number of carbonyl (C=O) groups is 4. The first-order valence-corrected chi connectivity index (χ1v) is 35.5. The van der Waals surface area contributed by atoms with E-state index in [0.717, 1.165) is 115 Å².